The van der Waals surface area contributed by atoms with Gasteiger partial charge in [-0.15, -0.1) is 16.8 Å². The highest BCUT2D eigenvalue weighted by molar-refractivity contribution is 9.10. The first-order chi connectivity index (χ1) is 13.5. The molecule has 0 aliphatic rings. The molecular weight excluding hydrogens is 436 g/mol. The molecule has 0 saturated heterocycles. The molecule has 1 heterocycles. The van der Waals surface area contributed by atoms with E-state index in [0.717, 1.165) is 32.7 Å². The number of rotatable bonds is 7. The maximum atomic E-state index is 12.4. The van der Waals surface area contributed by atoms with Gasteiger partial charge in [0.05, 0.1) is 5.75 Å². The lowest BCUT2D eigenvalue weighted by Crippen LogP contribution is -2.15. The van der Waals surface area contributed by atoms with Crippen LogP contribution >= 0.6 is 27.7 Å². The van der Waals surface area contributed by atoms with Crippen molar-refractivity contribution in [2.24, 2.45) is 0 Å². The minimum Gasteiger partial charge on any atom is -0.325 e. The zero-order chi connectivity index (χ0) is 20.1. The number of carbonyl (C=O) groups excluding carboxylic acids is 1. The molecule has 0 unspecified atom stereocenters. The number of carbonyl (C=O) groups is 1. The van der Waals surface area contributed by atoms with Crippen molar-refractivity contribution in [1.29, 1.82) is 0 Å². The highest BCUT2D eigenvalue weighted by atomic mass is 79.9. The smallest absolute Gasteiger partial charge is 0.234 e. The minimum atomic E-state index is -0.0827. The van der Waals surface area contributed by atoms with Crippen molar-refractivity contribution in [3.05, 3.63) is 70.7 Å². The maximum absolute atomic E-state index is 12.4. The summed E-state index contributed by atoms with van der Waals surface area (Å²) < 4.78 is 2.96. The van der Waals surface area contributed by atoms with Crippen molar-refractivity contribution in [2.45, 2.75) is 25.5 Å². The van der Waals surface area contributed by atoms with Crippen LogP contribution in [0.5, 0.6) is 0 Å². The van der Waals surface area contributed by atoms with Crippen molar-refractivity contribution in [1.82, 2.24) is 14.8 Å². The van der Waals surface area contributed by atoms with Gasteiger partial charge in [0.25, 0.3) is 0 Å². The van der Waals surface area contributed by atoms with Gasteiger partial charge in [0.15, 0.2) is 11.0 Å². The van der Waals surface area contributed by atoms with Gasteiger partial charge in [-0.2, -0.15) is 0 Å². The summed E-state index contributed by atoms with van der Waals surface area (Å²) in [4.78, 5) is 12.4. The molecule has 0 saturated carbocycles. The number of nitrogens with one attached hydrogen (secondary N) is 1. The average Bonchev–Trinajstić information content (AvgIpc) is 3.05. The zero-order valence-corrected chi connectivity index (χ0v) is 18.2. The predicted molar refractivity (Wildman–Crippen MR) is 119 cm³/mol. The van der Waals surface area contributed by atoms with E-state index >= 15 is 0 Å². The molecule has 1 N–H and O–H groups in total. The van der Waals surface area contributed by atoms with E-state index in [1.54, 1.807) is 6.08 Å². The Morgan fingerprint density at radius 3 is 2.79 bits per heavy atom. The average molecular weight is 457 g/mol. The molecule has 1 aromatic heterocycles. The number of amides is 1. The maximum Gasteiger partial charge on any atom is 0.234 e. The summed E-state index contributed by atoms with van der Waals surface area (Å²) >= 11 is 4.79. The molecule has 28 heavy (non-hydrogen) atoms. The van der Waals surface area contributed by atoms with E-state index in [9.17, 15) is 4.79 Å². The Bertz CT molecular complexity index is 1020. The minimum absolute atomic E-state index is 0.0827. The number of aromatic nitrogens is 3. The van der Waals surface area contributed by atoms with Crippen molar-refractivity contribution >= 4 is 39.3 Å². The Labute approximate surface area is 177 Å². The normalized spacial score (nSPS) is 10.7. The number of halogens is 1. The Hall–Kier alpha value is -2.38. The van der Waals surface area contributed by atoms with Crippen LogP contribution in [0.15, 0.2) is 64.7 Å². The van der Waals surface area contributed by atoms with Gasteiger partial charge in [0, 0.05) is 22.3 Å². The third kappa shape index (κ3) is 4.91. The number of hydrogen-bond donors (Lipinski definition) is 1. The number of anilines is 1. The lowest BCUT2D eigenvalue weighted by molar-refractivity contribution is -0.113. The molecule has 5 nitrogen and oxygen atoms in total. The molecular formula is C21H21BrN4OS. The molecule has 1 amide bonds. The van der Waals surface area contributed by atoms with Crippen LogP contribution in [0.2, 0.25) is 0 Å². The van der Waals surface area contributed by atoms with Crippen LogP contribution in [0.3, 0.4) is 0 Å². The second-order valence-electron chi connectivity index (χ2n) is 6.37. The Morgan fingerprint density at radius 2 is 2.07 bits per heavy atom. The van der Waals surface area contributed by atoms with Crippen molar-refractivity contribution in [2.75, 3.05) is 11.1 Å². The van der Waals surface area contributed by atoms with E-state index in [1.807, 2.05) is 54.8 Å². The standard InChI is InChI=1S/C21H21BrN4OS/c1-4-10-26-20(16-7-5-6-14(2)11-16)24-25-21(26)28-13-19(27)23-18-9-8-17(22)12-15(18)3/h4-9,11-12H,1,10,13H2,2-3H3,(H,23,27). The largest absolute Gasteiger partial charge is 0.325 e. The highest BCUT2D eigenvalue weighted by Gasteiger charge is 2.15. The summed E-state index contributed by atoms with van der Waals surface area (Å²) in [6.45, 7) is 8.41. The van der Waals surface area contributed by atoms with Crippen LogP contribution in [0.4, 0.5) is 5.69 Å². The van der Waals surface area contributed by atoms with Crippen molar-refractivity contribution in [3.63, 3.8) is 0 Å². The highest BCUT2D eigenvalue weighted by Crippen LogP contribution is 2.25. The van der Waals surface area contributed by atoms with Gasteiger partial charge in [0.1, 0.15) is 0 Å². The molecule has 144 valence electrons. The summed E-state index contributed by atoms with van der Waals surface area (Å²) in [6.07, 6.45) is 1.80. The number of thioether (sulfide) groups is 1. The van der Waals surface area contributed by atoms with Gasteiger partial charge in [0.2, 0.25) is 5.91 Å². The Kier molecular flexibility index (Phi) is 6.70. The second-order valence-corrected chi connectivity index (χ2v) is 8.23. The summed E-state index contributed by atoms with van der Waals surface area (Å²) in [5.41, 5.74) is 3.96. The molecule has 0 radical (unpaired) electrons. The molecule has 2 aromatic carbocycles. The van der Waals surface area contributed by atoms with Gasteiger partial charge in [-0.3, -0.25) is 9.36 Å². The topological polar surface area (TPSA) is 59.8 Å². The molecule has 3 rings (SSSR count). The Morgan fingerprint density at radius 1 is 1.25 bits per heavy atom. The third-order valence-corrected chi connectivity index (χ3v) is 5.56. The molecule has 0 bridgehead atoms. The van der Waals surface area contributed by atoms with Crippen LogP contribution in [-0.2, 0) is 11.3 Å². The van der Waals surface area contributed by atoms with E-state index in [1.165, 1.54) is 11.8 Å². The second kappa shape index (κ2) is 9.21. The quantitative estimate of drug-likeness (QED) is 0.389. The van der Waals surface area contributed by atoms with Crippen LogP contribution in [0, 0.1) is 13.8 Å². The number of nitrogens with zero attached hydrogens (tertiary/aromatic N) is 3. The van der Waals surface area contributed by atoms with Gasteiger partial charge in [-0.05, 0) is 43.7 Å². The van der Waals surface area contributed by atoms with Crippen molar-refractivity contribution in [3.8, 4) is 11.4 Å². The fourth-order valence-corrected chi connectivity index (χ4v) is 3.99. The third-order valence-electron chi connectivity index (χ3n) is 4.10. The van der Waals surface area contributed by atoms with E-state index < -0.39 is 0 Å². The fraction of sp³-hybridized carbons (Fsp3) is 0.190. The van der Waals surface area contributed by atoms with Gasteiger partial charge >= 0.3 is 0 Å². The van der Waals surface area contributed by atoms with E-state index in [2.05, 4.69) is 44.1 Å². The van der Waals surface area contributed by atoms with E-state index in [4.69, 9.17) is 0 Å². The van der Waals surface area contributed by atoms with E-state index in [-0.39, 0.29) is 11.7 Å². The molecule has 0 aliphatic carbocycles. The number of benzene rings is 2. The summed E-state index contributed by atoms with van der Waals surface area (Å²) in [5.74, 6) is 0.939. The van der Waals surface area contributed by atoms with Crippen LogP contribution in [-0.4, -0.2) is 26.4 Å². The SMILES string of the molecule is C=CCn1c(SCC(=O)Nc2ccc(Br)cc2C)nnc1-c1cccc(C)c1. The molecule has 7 heteroatoms. The molecule has 0 aliphatic heterocycles. The molecule has 0 fully saturated rings. The molecule has 3 aromatic rings. The first-order valence-electron chi connectivity index (χ1n) is 8.78. The van der Waals surface area contributed by atoms with Gasteiger partial charge < -0.3 is 5.32 Å². The number of hydrogen-bond acceptors (Lipinski definition) is 4. The van der Waals surface area contributed by atoms with Gasteiger partial charge in [-0.25, -0.2) is 0 Å². The molecule has 0 spiro atoms. The van der Waals surface area contributed by atoms with Crippen LogP contribution < -0.4 is 5.32 Å². The van der Waals surface area contributed by atoms with Crippen LogP contribution in [0.25, 0.3) is 11.4 Å². The monoisotopic (exact) mass is 456 g/mol. The lowest BCUT2D eigenvalue weighted by Gasteiger charge is -2.10. The van der Waals surface area contributed by atoms with E-state index in [0.29, 0.717) is 11.7 Å². The summed E-state index contributed by atoms with van der Waals surface area (Å²) in [6, 6.07) is 13.9. The lowest BCUT2D eigenvalue weighted by atomic mass is 10.1. The number of aryl methyl sites for hydroxylation is 2. The molecule has 0 atom stereocenters. The van der Waals surface area contributed by atoms with Crippen molar-refractivity contribution < 1.29 is 4.79 Å². The predicted octanol–water partition coefficient (Wildman–Crippen LogP) is 5.24. The summed E-state index contributed by atoms with van der Waals surface area (Å²) in [5, 5.41) is 12.3. The fourth-order valence-electron chi connectivity index (χ4n) is 2.77. The zero-order valence-electron chi connectivity index (χ0n) is 15.8. The van der Waals surface area contributed by atoms with Crippen LogP contribution in [0.1, 0.15) is 11.1 Å². The summed E-state index contributed by atoms with van der Waals surface area (Å²) in [7, 11) is 0. The Balaban J connectivity index is 1.73. The first kappa shape index (κ1) is 20.4. The number of allylic oxidation sites excluding steroid dienone is 1. The first-order valence-corrected chi connectivity index (χ1v) is 10.6. The van der Waals surface area contributed by atoms with Gasteiger partial charge in [-0.1, -0.05) is 57.5 Å².